The smallest absolute Gasteiger partial charge is 0.306 e. The van der Waals surface area contributed by atoms with Crippen LogP contribution in [-0.2, 0) is 33.3 Å². The van der Waals surface area contributed by atoms with Crippen LogP contribution >= 0.6 is 0 Å². The van der Waals surface area contributed by atoms with E-state index >= 15 is 0 Å². The number of carbonyl (C=O) groups excluding carboxylic acids is 3. The number of ether oxygens (including phenoxy) is 4. The van der Waals surface area contributed by atoms with Crippen LogP contribution in [0.15, 0.2) is 122 Å². The Bertz CT molecular complexity index is 2020. The number of quaternary nitrogens is 1. The van der Waals surface area contributed by atoms with Crippen LogP contribution in [0.4, 0.5) is 0 Å². The van der Waals surface area contributed by atoms with Gasteiger partial charge in [0.25, 0.3) is 0 Å². The predicted octanol–water partition coefficient (Wildman–Crippen LogP) is 24.9. The van der Waals surface area contributed by atoms with Gasteiger partial charge in [-0.25, -0.2) is 0 Å². The fourth-order valence-electron chi connectivity index (χ4n) is 11.5. The predicted molar refractivity (Wildman–Crippen MR) is 417 cm³/mol. The number of carbonyl (C=O) groups is 3. The second-order valence-corrected chi connectivity index (χ2v) is 28.3. The third-order valence-corrected chi connectivity index (χ3v) is 17.7. The molecule has 0 rings (SSSR count). The van der Waals surface area contributed by atoms with Crippen LogP contribution < -0.4 is 5.11 Å². The maximum atomic E-state index is 13.0. The Balaban J connectivity index is 4.02. The molecule has 0 aliphatic heterocycles. The highest BCUT2D eigenvalue weighted by molar-refractivity contribution is 5.70. The van der Waals surface area contributed by atoms with Crippen molar-refractivity contribution in [1.29, 1.82) is 0 Å². The fourth-order valence-corrected chi connectivity index (χ4v) is 11.5. The molecule has 0 amide bonds. The standard InChI is InChI=1S/C88H153NO8/c1-6-8-10-12-14-16-18-20-22-24-26-28-30-32-34-36-38-40-41-42-43-44-45-47-49-51-53-55-57-59-61-63-65-67-69-71-73-75-77-79-86(91)97-84(83-96-88(87(92)93)94-81-80-89(3,4)5)82-95-85(90)78-76-74-72-70-68-66-64-62-60-58-56-54-52-50-48-46-39-37-35-33-31-29-27-25-23-21-19-17-15-13-11-9-7-2/h8,10,14,16,19-22,25-28,31-34,38,40,42-43,84,88H,6-7,9,11-13,15,17-18,23-24,29-30,35-37,39,41,44-83H2,1-5H3/b10-8-,16-14-,21-19-,22-20-,27-25-,28-26-,33-31-,34-32-,40-38-,43-42-. The van der Waals surface area contributed by atoms with Gasteiger partial charge in [-0.3, -0.25) is 9.59 Å². The maximum Gasteiger partial charge on any atom is 0.306 e. The first-order chi connectivity index (χ1) is 47.6. The summed E-state index contributed by atoms with van der Waals surface area (Å²) >= 11 is 0. The van der Waals surface area contributed by atoms with Crippen LogP contribution in [0, 0.1) is 0 Å². The topological polar surface area (TPSA) is 111 Å². The lowest BCUT2D eigenvalue weighted by Gasteiger charge is -2.26. The summed E-state index contributed by atoms with van der Waals surface area (Å²) in [6, 6.07) is 0. The van der Waals surface area contributed by atoms with E-state index in [9.17, 15) is 19.5 Å². The molecule has 0 aromatic carbocycles. The highest BCUT2D eigenvalue weighted by Gasteiger charge is 2.22. The molecule has 0 saturated carbocycles. The Morgan fingerprint density at radius 1 is 0.320 bits per heavy atom. The highest BCUT2D eigenvalue weighted by Crippen LogP contribution is 2.19. The minimum atomic E-state index is -1.63. The van der Waals surface area contributed by atoms with Gasteiger partial charge in [0.05, 0.1) is 40.3 Å². The van der Waals surface area contributed by atoms with E-state index in [1.165, 1.54) is 231 Å². The first kappa shape index (κ1) is 92.7. The van der Waals surface area contributed by atoms with Gasteiger partial charge in [-0.15, -0.1) is 0 Å². The molecule has 0 spiro atoms. The third kappa shape index (κ3) is 78.9. The summed E-state index contributed by atoms with van der Waals surface area (Å²) in [4.78, 5) is 37.6. The van der Waals surface area contributed by atoms with E-state index < -0.39 is 24.3 Å². The molecule has 0 aromatic heterocycles. The molecule has 558 valence electrons. The van der Waals surface area contributed by atoms with Crippen molar-refractivity contribution in [2.24, 2.45) is 0 Å². The number of carboxylic acid groups (broad SMARTS) is 1. The lowest BCUT2D eigenvalue weighted by Crippen LogP contribution is -2.44. The van der Waals surface area contributed by atoms with E-state index in [4.69, 9.17) is 18.9 Å². The second-order valence-electron chi connectivity index (χ2n) is 28.3. The molecule has 0 aromatic rings. The fraction of sp³-hybridized carbons (Fsp3) is 0.739. The van der Waals surface area contributed by atoms with Crippen molar-refractivity contribution < 1.29 is 42.9 Å². The van der Waals surface area contributed by atoms with E-state index in [-0.39, 0.29) is 32.2 Å². The highest BCUT2D eigenvalue weighted by atomic mass is 16.7. The van der Waals surface area contributed by atoms with Gasteiger partial charge in [0.1, 0.15) is 13.2 Å². The van der Waals surface area contributed by atoms with Gasteiger partial charge in [0.2, 0.25) is 0 Å². The Kier molecular flexibility index (Phi) is 74.0. The number of likely N-dealkylation sites (N-methyl/N-ethyl adjacent to an activating group) is 1. The monoisotopic (exact) mass is 1350 g/mol. The zero-order valence-electron chi connectivity index (χ0n) is 63.9. The van der Waals surface area contributed by atoms with E-state index in [0.29, 0.717) is 23.9 Å². The molecule has 2 unspecified atom stereocenters. The van der Waals surface area contributed by atoms with Crippen LogP contribution in [-0.4, -0.2) is 82.3 Å². The van der Waals surface area contributed by atoms with Crippen molar-refractivity contribution in [2.45, 2.75) is 373 Å². The summed E-state index contributed by atoms with van der Waals surface area (Å²) in [5, 5.41) is 11.9. The Morgan fingerprint density at radius 3 is 0.876 bits per heavy atom. The lowest BCUT2D eigenvalue weighted by atomic mass is 10.0. The van der Waals surface area contributed by atoms with Gasteiger partial charge in [-0.2, -0.15) is 0 Å². The summed E-state index contributed by atoms with van der Waals surface area (Å²) in [6.07, 6.45) is 107. The van der Waals surface area contributed by atoms with E-state index in [1.807, 2.05) is 21.1 Å². The molecule has 0 heterocycles. The molecular formula is C88H153NO8. The molecule has 0 aliphatic rings. The first-order valence-corrected chi connectivity index (χ1v) is 40.7. The number of nitrogens with zero attached hydrogens (tertiary/aromatic N) is 1. The van der Waals surface area contributed by atoms with Gasteiger partial charge in [0, 0.05) is 12.8 Å². The molecule has 9 heteroatoms. The van der Waals surface area contributed by atoms with E-state index in [2.05, 4.69) is 135 Å². The Morgan fingerprint density at radius 2 is 0.588 bits per heavy atom. The van der Waals surface area contributed by atoms with Crippen LogP contribution in [0.2, 0.25) is 0 Å². The molecule has 0 fully saturated rings. The van der Waals surface area contributed by atoms with Crippen molar-refractivity contribution in [2.75, 3.05) is 47.5 Å². The summed E-state index contributed by atoms with van der Waals surface area (Å²) in [6.45, 7) is 4.66. The Labute approximate surface area is 599 Å². The summed E-state index contributed by atoms with van der Waals surface area (Å²) in [5.41, 5.74) is 0. The maximum absolute atomic E-state index is 13.0. The largest absolute Gasteiger partial charge is 0.545 e. The summed E-state index contributed by atoms with van der Waals surface area (Å²) in [7, 11) is 5.94. The molecular weight excluding hydrogens is 1200 g/mol. The summed E-state index contributed by atoms with van der Waals surface area (Å²) in [5.74, 6) is -2.27. The average Bonchev–Trinajstić information content (AvgIpc) is 2.39. The zero-order chi connectivity index (χ0) is 70.4. The normalized spacial score (nSPS) is 13.3. The molecule has 0 saturated heterocycles. The number of esters is 2. The number of aliphatic carboxylic acids is 1. The molecule has 0 radical (unpaired) electrons. The second kappa shape index (κ2) is 77.4. The van der Waals surface area contributed by atoms with Crippen molar-refractivity contribution in [3.63, 3.8) is 0 Å². The van der Waals surface area contributed by atoms with Gasteiger partial charge >= 0.3 is 11.9 Å². The van der Waals surface area contributed by atoms with Gasteiger partial charge in [-0.05, 0) is 109 Å². The minimum absolute atomic E-state index is 0.146. The van der Waals surface area contributed by atoms with Gasteiger partial charge < -0.3 is 33.3 Å². The Hall–Kier alpha value is -4.31. The molecule has 0 bridgehead atoms. The first-order valence-electron chi connectivity index (χ1n) is 40.7. The minimum Gasteiger partial charge on any atom is -0.545 e. The van der Waals surface area contributed by atoms with Crippen LogP contribution in [0.3, 0.4) is 0 Å². The van der Waals surface area contributed by atoms with Crippen LogP contribution in [0.5, 0.6) is 0 Å². The number of allylic oxidation sites excluding steroid dienone is 20. The van der Waals surface area contributed by atoms with Crippen LogP contribution in [0.25, 0.3) is 0 Å². The van der Waals surface area contributed by atoms with Crippen molar-refractivity contribution in [1.82, 2.24) is 0 Å². The number of hydrogen-bond acceptors (Lipinski definition) is 8. The number of carboxylic acids is 1. The number of unbranched alkanes of at least 4 members (excludes halogenated alkanes) is 40. The van der Waals surface area contributed by atoms with E-state index in [1.54, 1.807) is 0 Å². The number of rotatable bonds is 75. The quantitative estimate of drug-likeness (QED) is 0.0195. The van der Waals surface area contributed by atoms with Crippen molar-refractivity contribution >= 4 is 17.9 Å². The summed E-state index contributed by atoms with van der Waals surface area (Å²) < 4.78 is 22.9. The average molecular weight is 1350 g/mol. The lowest BCUT2D eigenvalue weighted by molar-refractivity contribution is -0.870. The van der Waals surface area contributed by atoms with Gasteiger partial charge in [0.15, 0.2) is 12.4 Å². The number of hydrogen-bond donors (Lipinski definition) is 0. The van der Waals surface area contributed by atoms with E-state index in [0.717, 1.165) is 96.3 Å². The zero-order valence-corrected chi connectivity index (χ0v) is 63.9. The molecule has 0 aliphatic carbocycles. The van der Waals surface area contributed by atoms with Crippen molar-refractivity contribution in [3.05, 3.63) is 122 Å². The third-order valence-electron chi connectivity index (χ3n) is 17.7. The molecule has 2 atom stereocenters. The molecule has 97 heavy (non-hydrogen) atoms. The molecule has 0 N–H and O–H groups in total. The molecule has 9 nitrogen and oxygen atoms in total. The van der Waals surface area contributed by atoms with Gasteiger partial charge in [-0.1, -0.05) is 360 Å². The van der Waals surface area contributed by atoms with Crippen molar-refractivity contribution in [3.8, 4) is 0 Å². The SMILES string of the molecule is CC/C=C\C/C=C\C/C=C\C/C=C\C/C=C\C/C=C\C/C=C\CCCCCCCCCCCCCCCCCCCC(=O)OC(COC(=O)CCCCCCCCCCCCCCCCCCCC/C=C\C/C=C\C/C=C\CCCCCCC)COC(OCC[N+](C)(C)C)C(=O)[O-]. The van der Waals surface area contributed by atoms with Crippen LogP contribution in [0.1, 0.15) is 361 Å².